The molecule has 2 rings (SSSR count). The third kappa shape index (κ3) is 3.75. The summed E-state index contributed by atoms with van der Waals surface area (Å²) in [5, 5.41) is 10.9. The predicted octanol–water partition coefficient (Wildman–Crippen LogP) is 0.863. The second kappa shape index (κ2) is 6.29. The Morgan fingerprint density at radius 2 is 2.32 bits per heavy atom. The predicted molar refractivity (Wildman–Crippen MR) is 72.3 cm³/mol. The maximum Gasteiger partial charge on any atom is 0.220 e. The molecule has 0 saturated carbocycles. The fourth-order valence-corrected chi connectivity index (χ4v) is 1.86. The van der Waals surface area contributed by atoms with Gasteiger partial charge in [0.2, 0.25) is 5.91 Å². The average molecular weight is 261 g/mol. The van der Waals surface area contributed by atoms with Crippen LogP contribution in [-0.4, -0.2) is 26.5 Å². The lowest BCUT2D eigenvalue weighted by Gasteiger charge is -2.05. The fourth-order valence-electron chi connectivity index (χ4n) is 1.86. The Labute approximate surface area is 112 Å². The summed E-state index contributed by atoms with van der Waals surface area (Å²) < 4.78 is 1.86. The summed E-state index contributed by atoms with van der Waals surface area (Å²) in [5.74, 6) is 0.754. The third-order valence-electron chi connectivity index (χ3n) is 2.89. The van der Waals surface area contributed by atoms with Crippen LogP contribution < -0.4 is 11.1 Å². The molecule has 0 fully saturated rings. The van der Waals surface area contributed by atoms with Gasteiger partial charge in [0.1, 0.15) is 0 Å². The van der Waals surface area contributed by atoms with Gasteiger partial charge in [0, 0.05) is 18.7 Å². The third-order valence-corrected chi connectivity index (χ3v) is 2.89. The van der Waals surface area contributed by atoms with Crippen molar-refractivity contribution in [3.05, 3.63) is 30.2 Å². The van der Waals surface area contributed by atoms with Crippen LogP contribution in [0.1, 0.15) is 32.0 Å². The van der Waals surface area contributed by atoms with E-state index in [-0.39, 0.29) is 11.9 Å². The highest BCUT2D eigenvalue weighted by molar-refractivity contribution is 5.75. The van der Waals surface area contributed by atoms with E-state index in [0.717, 1.165) is 24.3 Å². The molecule has 0 saturated heterocycles. The minimum Gasteiger partial charge on any atom is -0.349 e. The van der Waals surface area contributed by atoms with E-state index >= 15 is 0 Å². The number of rotatable bonds is 6. The van der Waals surface area contributed by atoms with Gasteiger partial charge in [0.25, 0.3) is 0 Å². The van der Waals surface area contributed by atoms with Gasteiger partial charge in [-0.2, -0.15) is 0 Å². The first kappa shape index (κ1) is 13.5. The normalized spacial score (nSPS) is 12.5. The van der Waals surface area contributed by atoms with Gasteiger partial charge in [-0.25, -0.2) is 0 Å². The summed E-state index contributed by atoms with van der Waals surface area (Å²) in [6.07, 6.45) is 4.05. The molecule has 0 aromatic carbocycles. The molecule has 19 heavy (non-hydrogen) atoms. The van der Waals surface area contributed by atoms with Crippen molar-refractivity contribution in [2.75, 3.05) is 0 Å². The quantitative estimate of drug-likeness (QED) is 0.807. The Bertz CT molecular complexity index is 549. The Morgan fingerprint density at radius 3 is 3.11 bits per heavy atom. The summed E-state index contributed by atoms with van der Waals surface area (Å²) >= 11 is 0. The van der Waals surface area contributed by atoms with Crippen molar-refractivity contribution in [3.63, 3.8) is 0 Å². The molecule has 0 aliphatic carbocycles. The van der Waals surface area contributed by atoms with Crippen molar-refractivity contribution in [3.8, 4) is 0 Å². The monoisotopic (exact) mass is 261 g/mol. The molecule has 2 heterocycles. The van der Waals surface area contributed by atoms with Crippen molar-refractivity contribution in [1.29, 1.82) is 0 Å². The number of aromatic nitrogens is 3. The molecule has 2 aromatic rings. The summed E-state index contributed by atoms with van der Waals surface area (Å²) in [7, 11) is 0. The van der Waals surface area contributed by atoms with Crippen LogP contribution in [0.5, 0.6) is 0 Å². The van der Waals surface area contributed by atoms with Crippen molar-refractivity contribution >= 4 is 11.6 Å². The molecule has 0 radical (unpaired) electrons. The van der Waals surface area contributed by atoms with Gasteiger partial charge in [-0.3, -0.25) is 9.20 Å². The molecule has 102 valence electrons. The molecule has 0 bridgehead atoms. The van der Waals surface area contributed by atoms with E-state index in [1.54, 1.807) is 0 Å². The van der Waals surface area contributed by atoms with E-state index in [4.69, 9.17) is 5.73 Å². The molecular formula is C13H19N5O. The molecule has 1 amide bonds. The molecule has 6 nitrogen and oxygen atoms in total. The Balaban J connectivity index is 1.83. The molecule has 1 atom stereocenters. The number of hydrogen-bond donors (Lipinski definition) is 2. The van der Waals surface area contributed by atoms with E-state index in [2.05, 4.69) is 15.5 Å². The number of pyridine rings is 1. The van der Waals surface area contributed by atoms with Crippen LogP contribution >= 0.6 is 0 Å². The largest absolute Gasteiger partial charge is 0.349 e. The number of nitrogens with one attached hydrogen (secondary N) is 1. The van der Waals surface area contributed by atoms with Crippen LogP contribution in [0, 0.1) is 0 Å². The van der Waals surface area contributed by atoms with Crippen molar-refractivity contribution in [1.82, 2.24) is 19.9 Å². The van der Waals surface area contributed by atoms with Crippen LogP contribution in [-0.2, 0) is 11.3 Å². The van der Waals surface area contributed by atoms with E-state index < -0.39 is 0 Å². The molecule has 3 N–H and O–H groups in total. The van der Waals surface area contributed by atoms with E-state index in [9.17, 15) is 4.79 Å². The van der Waals surface area contributed by atoms with E-state index in [0.29, 0.717) is 13.0 Å². The molecule has 2 aromatic heterocycles. The topological polar surface area (TPSA) is 85.3 Å². The van der Waals surface area contributed by atoms with Crippen LogP contribution in [0.2, 0.25) is 0 Å². The zero-order chi connectivity index (χ0) is 13.7. The first-order chi connectivity index (χ1) is 9.16. The van der Waals surface area contributed by atoms with E-state index in [1.165, 1.54) is 0 Å². The molecule has 1 unspecified atom stereocenters. The minimum atomic E-state index is 0.0216. The number of carbonyl (C=O) groups excluding carboxylic acids is 1. The maximum absolute atomic E-state index is 11.6. The first-order valence-electron chi connectivity index (χ1n) is 6.48. The summed E-state index contributed by atoms with van der Waals surface area (Å²) in [5.41, 5.74) is 6.42. The highest BCUT2D eigenvalue weighted by Gasteiger charge is 2.07. The number of amides is 1. The Kier molecular flexibility index (Phi) is 4.46. The number of carbonyl (C=O) groups is 1. The van der Waals surface area contributed by atoms with Crippen molar-refractivity contribution < 1.29 is 4.79 Å². The lowest BCUT2D eigenvalue weighted by atomic mass is 10.1. The lowest BCUT2D eigenvalue weighted by molar-refractivity contribution is -0.121. The standard InChI is InChI=1S/C13H19N5O/c1-10(14)5-4-7-13(19)15-9-12-17-16-11-6-2-3-8-18(11)12/h2-3,6,8,10H,4-5,7,9,14H2,1H3,(H,15,19). The average Bonchev–Trinajstić information content (AvgIpc) is 2.79. The maximum atomic E-state index is 11.6. The molecule has 6 heteroatoms. The minimum absolute atomic E-state index is 0.0216. The number of nitrogens with zero attached hydrogens (tertiary/aromatic N) is 3. The van der Waals surface area contributed by atoms with Gasteiger partial charge < -0.3 is 11.1 Å². The summed E-state index contributed by atoms with van der Waals surface area (Å²) in [6, 6.07) is 5.83. The SMILES string of the molecule is CC(N)CCCC(=O)NCc1nnc2ccccn12. The van der Waals surface area contributed by atoms with Gasteiger partial charge in [-0.1, -0.05) is 6.07 Å². The van der Waals surface area contributed by atoms with Crippen molar-refractivity contribution in [2.45, 2.75) is 38.8 Å². The van der Waals surface area contributed by atoms with Gasteiger partial charge in [-0.15, -0.1) is 10.2 Å². The van der Waals surface area contributed by atoms with Gasteiger partial charge in [0.15, 0.2) is 11.5 Å². The highest BCUT2D eigenvalue weighted by atomic mass is 16.1. The number of fused-ring (bicyclic) bond motifs is 1. The molecule has 0 aliphatic heterocycles. The molecular weight excluding hydrogens is 242 g/mol. The number of hydrogen-bond acceptors (Lipinski definition) is 4. The van der Waals surface area contributed by atoms with Crippen LogP contribution in [0.25, 0.3) is 5.65 Å². The Hall–Kier alpha value is -1.95. The van der Waals surface area contributed by atoms with Gasteiger partial charge in [0.05, 0.1) is 6.54 Å². The van der Waals surface area contributed by atoms with Crippen LogP contribution in [0.15, 0.2) is 24.4 Å². The second-order valence-corrected chi connectivity index (χ2v) is 4.69. The first-order valence-corrected chi connectivity index (χ1v) is 6.48. The van der Waals surface area contributed by atoms with Crippen LogP contribution in [0.3, 0.4) is 0 Å². The van der Waals surface area contributed by atoms with Gasteiger partial charge in [-0.05, 0) is 31.9 Å². The van der Waals surface area contributed by atoms with Crippen molar-refractivity contribution in [2.24, 2.45) is 5.73 Å². The lowest BCUT2D eigenvalue weighted by Crippen LogP contribution is -2.24. The Morgan fingerprint density at radius 1 is 1.47 bits per heavy atom. The smallest absolute Gasteiger partial charge is 0.220 e. The zero-order valence-electron chi connectivity index (χ0n) is 11.0. The highest BCUT2D eigenvalue weighted by Crippen LogP contribution is 2.03. The summed E-state index contributed by atoms with van der Waals surface area (Å²) in [6.45, 7) is 2.34. The van der Waals surface area contributed by atoms with Crippen LogP contribution in [0.4, 0.5) is 0 Å². The number of nitrogens with two attached hydrogens (primary N) is 1. The fraction of sp³-hybridized carbons (Fsp3) is 0.462. The van der Waals surface area contributed by atoms with E-state index in [1.807, 2.05) is 35.7 Å². The molecule has 0 aliphatic rings. The zero-order valence-corrected chi connectivity index (χ0v) is 11.0. The van der Waals surface area contributed by atoms with Gasteiger partial charge >= 0.3 is 0 Å². The summed E-state index contributed by atoms with van der Waals surface area (Å²) in [4.78, 5) is 11.6. The molecule has 0 spiro atoms. The second-order valence-electron chi connectivity index (χ2n) is 4.69.